The molecule has 5 rings (SSSR count). The van der Waals surface area contributed by atoms with E-state index in [2.05, 4.69) is 20.4 Å². The van der Waals surface area contributed by atoms with Crippen LogP contribution in [0.4, 0.5) is 18.9 Å². The predicted molar refractivity (Wildman–Crippen MR) is 111 cm³/mol. The fourth-order valence-electron chi connectivity index (χ4n) is 4.33. The second kappa shape index (κ2) is 7.33. The molecule has 168 valence electrons. The average molecular weight is 446 g/mol. The van der Waals surface area contributed by atoms with Crippen LogP contribution >= 0.6 is 0 Å². The Labute approximate surface area is 180 Å². The highest BCUT2D eigenvalue weighted by Gasteiger charge is 2.35. The molecule has 0 amide bonds. The van der Waals surface area contributed by atoms with Gasteiger partial charge in [0.2, 0.25) is 0 Å². The third kappa shape index (κ3) is 3.49. The zero-order valence-electron chi connectivity index (χ0n) is 17.4. The van der Waals surface area contributed by atoms with E-state index in [0.717, 1.165) is 4.68 Å². The van der Waals surface area contributed by atoms with Gasteiger partial charge in [-0.05, 0) is 31.5 Å². The number of pyridine rings is 1. The number of β-amino-alcohol motifs (C(OH)–C–C–N with tert-alkyl or cyclic N) is 1. The number of alkyl halides is 3. The van der Waals surface area contributed by atoms with Crippen LogP contribution < -0.4 is 4.90 Å². The van der Waals surface area contributed by atoms with Crippen LogP contribution in [-0.2, 0) is 13.6 Å². The summed E-state index contributed by atoms with van der Waals surface area (Å²) >= 11 is 0. The lowest BCUT2D eigenvalue weighted by Gasteiger charge is -2.25. The Kier molecular flexibility index (Phi) is 4.69. The number of nitrogens with one attached hydrogen (secondary N) is 1. The Balaban J connectivity index is 1.83. The first-order chi connectivity index (χ1) is 15.2. The molecule has 0 unspecified atom stereocenters. The first-order valence-electron chi connectivity index (χ1n) is 10.1. The number of rotatable bonds is 4. The molecule has 0 aliphatic carbocycles. The molecule has 0 radical (unpaired) electrons. The van der Waals surface area contributed by atoms with Crippen LogP contribution in [0.15, 0.2) is 30.6 Å². The predicted octanol–water partition coefficient (Wildman–Crippen LogP) is 2.74. The van der Waals surface area contributed by atoms with Gasteiger partial charge in [-0.2, -0.15) is 28.5 Å². The minimum absolute atomic E-state index is 0.0696. The molecule has 1 saturated heterocycles. The van der Waals surface area contributed by atoms with E-state index < -0.39 is 18.8 Å². The molecule has 0 saturated carbocycles. The molecule has 4 aromatic rings. The number of halogens is 3. The van der Waals surface area contributed by atoms with E-state index in [4.69, 9.17) is 4.98 Å². The van der Waals surface area contributed by atoms with Crippen molar-refractivity contribution in [3.8, 4) is 22.8 Å². The van der Waals surface area contributed by atoms with Gasteiger partial charge in [0.1, 0.15) is 23.3 Å². The zero-order valence-corrected chi connectivity index (χ0v) is 17.4. The van der Waals surface area contributed by atoms with Crippen molar-refractivity contribution in [3.63, 3.8) is 0 Å². The summed E-state index contributed by atoms with van der Waals surface area (Å²) in [7, 11) is 1.77. The van der Waals surface area contributed by atoms with Crippen molar-refractivity contribution in [1.82, 2.24) is 34.7 Å². The number of hydrogen-bond donors (Lipinski definition) is 2. The van der Waals surface area contributed by atoms with Crippen molar-refractivity contribution in [3.05, 3.63) is 30.6 Å². The Bertz CT molecular complexity index is 1260. The topological polar surface area (TPSA) is 101 Å². The van der Waals surface area contributed by atoms with Crippen LogP contribution in [-0.4, -0.2) is 64.7 Å². The van der Waals surface area contributed by atoms with Gasteiger partial charge in [0.25, 0.3) is 0 Å². The van der Waals surface area contributed by atoms with E-state index in [1.807, 2.05) is 11.8 Å². The number of fused-ring (bicyclic) bond motifs is 1. The van der Waals surface area contributed by atoms with Crippen molar-refractivity contribution in [2.45, 2.75) is 38.2 Å². The van der Waals surface area contributed by atoms with Crippen LogP contribution in [0.5, 0.6) is 0 Å². The molecule has 4 aromatic heterocycles. The molecular formula is C20H21F3N8O. The third-order valence-electron chi connectivity index (χ3n) is 5.71. The minimum Gasteiger partial charge on any atom is -0.391 e. The Hall–Kier alpha value is -3.41. The van der Waals surface area contributed by atoms with Gasteiger partial charge in [-0.3, -0.25) is 14.5 Å². The molecular weight excluding hydrogens is 425 g/mol. The highest BCUT2D eigenvalue weighted by molar-refractivity contribution is 5.99. The van der Waals surface area contributed by atoms with Crippen LogP contribution in [0.25, 0.3) is 33.8 Å². The quantitative estimate of drug-likeness (QED) is 0.500. The second-order valence-electron chi connectivity index (χ2n) is 8.05. The summed E-state index contributed by atoms with van der Waals surface area (Å²) < 4.78 is 43.0. The number of aliphatic hydroxyl groups excluding tert-OH is 1. The van der Waals surface area contributed by atoms with Crippen molar-refractivity contribution in [2.75, 3.05) is 11.4 Å². The molecule has 1 aliphatic heterocycles. The van der Waals surface area contributed by atoms with Crippen LogP contribution in [0.3, 0.4) is 0 Å². The van der Waals surface area contributed by atoms with Gasteiger partial charge in [0.15, 0.2) is 0 Å². The monoisotopic (exact) mass is 446 g/mol. The Morgan fingerprint density at radius 2 is 2.06 bits per heavy atom. The van der Waals surface area contributed by atoms with Gasteiger partial charge in [-0.15, -0.1) is 0 Å². The molecule has 2 atom stereocenters. The van der Waals surface area contributed by atoms with E-state index in [0.29, 0.717) is 41.3 Å². The molecule has 0 bridgehead atoms. The maximum Gasteiger partial charge on any atom is 0.408 e. The van der Waals surface area contributed by atoms with Crippen molar-refractivity contribution >= 4 is 16.7 Å². The van der Waals surface area contributed by atoms with E-state index >= 15 is 0 Å². The summed E-state index contributed by atoms with van der Waals surface area (Å²) in [6.07, 6.45) is -1.38. The molecule has 0 spiro atoms. The van der Waals surface area contributed by atoms with Gasteiger partial charge in [0.05, 0.1) is 28.9 Å². The molecule has 2 N–H and O–H groups in total. The number of aromatic nitrogens is 7. The number of H-pyrrole nitrogens is 1. The normalized spacial score (nSPS) is 19.4. The number of aliphatic hydroxyl groups is 1. The summed E-state index contributed by atoms with van der Waals surface area (Å²) in [5.41, 5.74) is 3.12. The highest BCUT2D eigenvalue weighted by Crippen LogP contribution is 2.39. The van der Waals surface area contributed by atoms with Crippen LogP contribution in [0, 0.1) is 0 Å². The van der Waals surface area contributed by atoms with E-state index in [1.165, 1.54) is 6.20 Å². The average Bonchev–Trinajstić information content (AvgIpc) is 3.48. The lowest BCUT2D eigenvalue weighted by Crippen LogP contribution is -2.28. The molecule has 0 aromatic carbocycles. The number of aromatic amines is 1. The van der Waals surface area contributed by atoms with Gasteiger partial charge >= 0.3 is 6.18 Å². The molecule has 1 aliphatic rings. The highest BCUT2D eigenvalue weighted by atomic mass is 19.4. The first kappa shape index (κ1) is 20.5. The molecule has 1 fully saturated rings. The zero-order chi connectivity index (χ0) is 22.6. The maximum atomic E-state index is 13.5. The van der Waals surface area contributed by atoms with Gasteiger partial charge in [-0.1, -0.05) is 0 Å². The van der Waals surface area contributed by atoms with Crippen LogP contribution in [0.1, 0.15) is 13.3 Å². The molecule has 32 heavy (non-hydrogen) atoms. The maximum absolute atomic E-state index is 13.5. The SMILES string of the molecule is C[C@@H]1C[C@H](O)CN1c1cc(-c2ccnn2C)nc2c(-c3ccn[nH]3)nn(CC(F)(F)F)c12. The summed E-state index contributed by atoms with van der Waals surface area (Å²) in [5.74, 6) is 0. The Morgan fingerprint density at radius 3 is 2.66 bits per heavy atom. The van der Waals surface area contributed by atoms with E-state index in [9.17, 15) is 18.3 Å². The molecule has 9 nitrogen and oxygen atoms in total. The van der Waals surface area contributed by atoms with Crippen molar-refractivity contribution < 1.29 is 18.3 Å². The van der Waals surface area contributed by atoms with Gasteiger partial charge < -0.3 is 10.0 Å². The second-order valence-corrected chi connectivity index (χ2v) is 8.05. The summed E-state index contributed by atoms with van der Waals surface area (Å²) in [5, 5.41) is 25.4. The lowest BCUT2D eigenvalue weighted by atomic mass is 10.1. The smallest absolute Gasteiger partial charge is 0.391 e. The summed E-state index contributed by atoms with van der Waals surface area (Å²) in [6.45, 7) is 0.982. The largest absolute Gasteiger partial charge is 0.408 e. The summed E-state index contributed by atoms with van der Waals surface area (Å²) in [6, 6.07) is 5.11. The van der Waals surface area contributed by atoms with Gasteiger partial charge in [0, 0.05) is 32.0 Å². The fraction of sp³-hybridized carbons (Fsp3) is 0.400. The summed E-state index contributed by atoms with van der Waals surface area (Å²) in [4.78, 5) is 6.63. The van der Waals surface area contributed by atoms with Crippen molar-refractivity contribution in [2.24, 2.45) is 7.05 Å². The van der Waals surface area contributed by atoms with Crippen LogP contribution in [0.2, 0.25) is 0 Å². The lowest BCUT2D eigenvalue weighted by molar-refractivity contribution is -0.141. The minimum atomic E-state index is -4.47. The first-order valence-corrected chi connectivity index (χ1v) is 10.1. The number of anilines is 1. The van der Waals surface area contributed by atoms with E-state index in [-0.39, 0.29) is 17.3 Å². The van der Waals surface area contributed by atoms with Crippen molar-refractivity contribution in [1.29, 1.82) is 0 Å². The number of aryl methyl sites for hydroxylation is 1. The third-order valence-corrected chi connectivity index (χ3v) is 5.71. The van der Waals surface area contributed by atoms with E-state index in [1.54, 1.807) is 36.1 Å². The Morgan fingerprint density at radius 1 is 1.25 bits per heavy atom. The van der Waals surface area contributed by atoms with Gasteiger partial charge in [-0.25, -0.2) is 4.98 Å². The standard InChI is InChI=1S/C20H21F3N8O/c1-11-7-12(32)9-30(11)16-8-14(15-4-6-25-29(15)2)26-18-17(13-3-5-24-27-13)28-31(19(16)18)10-20(21,22)23/h3-6,8,11-12,32H,7,9-10H2,1-2H3,(H,24,27)/t11-,12+/m1/s1. The number of nitrogens with zero attached hydrogens (tertiary/aromatic N) is 7. The molecule has 5 heterocycles. The number of hydrogen-bond acceptors (Lipinski definition) is 6. The fourth-order valence-corrected chi connectivity index (χ4v) is 4.33. The molecule has 12 heteroatoms.